The number of aromatic nitrogens is 1. The number of furan rings is 1. The molecule has 190 valence electrons. The molecule has 7 aromatic carbocycles. The smallest absolute Gasteiger partial charge is 0.143 e. The third kappa shape index (κ3) is 3.28. The Morgan fingerprint density at radius 1 is 0.415 bits per heavy atom. The topological polar surface area (TPSA) is 26.0 Å². The van der Waals surface area contributed by atoms with Crippen molar-refractivity contribution >= 4 is 54.3 Å². The quantitative estimate of drug-likeness (QED) is 0.216. The second-order valence-electron chi connectivity index (χ2n) is 10.7. The van der Waals surface area contributed by atoms with E-state index in [2.05, 4.69) is 120 Å². The molecular weight excluding hydrogens is 498 g/mol. The summed E-state index contributed by atoms with van der Waals surface area (Å²) in [6, 6.07) is 45.9. The van der Waals surface area contributed by atoms with Gasteiger partial charge in [0.05, 0.1) is 0 Å². The first-order valence-corrected chi connectivity index (χ1v) is 14.0. The highest BCUT2D eigenvalue weighted by molar-refractivity contribution is 6.27. The lowest BCUT2D eigenvalue weighted by atomic mass is 9.87. The molecule has 0 spiro atoms. The number of nitrogens with zero attached hydrogens (tertiary/aromatic N) is 1. The molecule has 0 atom stereocenters. The van der Waals surface area contributed by atoms with Gasteiger partial charge in [-0.1, -0.05) is 103 Å². The van der Waals surface area contributed by atoms with E-state index in [1.807, 2.05) is 24.5 Å². The molecule has 0 saturated heterocycles. The van der Waals surface area contributed by atoms with Crippen LogP contribution in [0, 0.1) is 0 Å². The van der Waals surface area contributed by atoms with Crippen LogP contribution in [0.1, 0.15) is 0 Å². The molecule has 2 heteroatoms. The van der Waals surface area contributed by atoms with Gasteiger partial charge in [0, 0.05) is 28.7 Å². The summed E-state index contributed by atoms with van der Waals surface area (Å²) in [6.45, 7) is 0. The number of fused-ring (bicyclic) bond motifs is 3. The van der Waals surface area contributed by atoms with Crippen LogP contribution in [0.4, 0.5) is 0 Å². The van der Waals surface area contributed by atoms with E-state index in [1.165, 1.54) is 54.6 Å². The molecule has 2 heterocycles. The van der Waals surface area contributed by atoms with Crippen LogP contribution in [0.5, 0.6) is 0 Å². The van der Waals surface area contributed by atoms with Crippen LogP contribution in [0.15, 0.2) is 144 Å². The standard InChI is InChI=1S/C39H23NO/c1-2-10-36-32(7-1)35-9-4-8-31(39(35)41-36)28-6-3-5-27(23-28)30-16-12-26-13-17-33-29(24-19-21-40-22-20-24)15-11-25-14-18-34(30)38(26)37(25)33/h1-23H. The van der Waals surface area contributed by atoms with Gasteiger partial charge >= 0.3 is 0 Å². The predicted molar refractivity (Wildman–Crippen MR) is 172 cm³/mol. The molecule has 0 aliphatic carbocycles. The first kappa shape index (κ1) is 22.4. The molecule has 0 aliphatic heterocycles. The fraction of sp³-hybridized carbons (Fsp3) is 0. The zero-order valence-electron chi connectivity index (χ0n) is 22.1. The molecule has 0 saturated carbocycles. The van der Waals surface area contributed by atoms with Gasteiger partial charge in [0.1, 0.15) is 11.2 Å². The molecule has 2 aromatic heterocycles. The molecule has 2 nitrogen and oxygen atoms in total. The summed E-state index contributed by atoms with van der Waals surface area (Å²) in [5, 5.41) is 10.0. The maximum absolute atomic E-state index is 6.37. The number of para-hydroxylation sites is 2. The molecule has 0 radical (unpaired) electrons. The van der Waals surface area contributed by atoms with Crippen molar-refractivity contribution in [2.24, 2.45) is 0 Å². The third-order valence-corrected chi connectivity index (χ3v) is 8.54. The highest BCUT2D eigenvalue weighted by atomic mass is 16.3. The Kier molecular flexibility index (Phi) is 4.64. The summed E-state index contributed by atoms with van der Waals surface area (Å²) in [6.07, 6.45) is 3.73. The van der Waals surface area contributed by atoms with Gasteiger partial charge < -0.3 is 4.42 Å². The molecule has 9 rings (SSSR count). The van der Waals surface area contributed by atoms with Crippen molar-refractivity contribution in [3.05, 3.63) is 140 Å². The Morgan fingerprint density at radius 3 is 1.78 bits per heavy atom. The monoisotopic (exact) mass is 521 g/mol. The van der Waals surface area contributed by atoms with Gasteiger partial charge in [0.2, 0.25) is 0 Å². The minimum atomic E-state index is 0.920. The molecule has 9 aromatic rings. The molecule has 0 aliphatic rings. The van der Waals surface area contributed by atoms with Crippen molar-refractivity contribution in [2.45, 2.75) is 0 Å². The first-order chi connectivity index (χ1) is 20.3. The summed E-state index contributed by atoms with van der Waals surface area (Å²) in [7, 11) is 0. The maximum Gasteiger partial charge on any atom is 0.143 e. The normalized spacial score (nSPS) is 11.9. The van der Waals surface area contributed by atoms with Gasteiger partial charge in [0.15, 0.2) is 0 Å². The summed E-state index contributed by atoms with van der Waals surface area (Å²) in [4.78, 5) is 4.23. The van der Waals surface area contributed by atoms with Gasteiger partial charge in [-0.05, 0) is 84.4 Å². The zero-order valence-corrected chi connectivity index (χ0v) is 22.1. The summed E-state index contributed by atoms with van der Waals surface area (Å²) in [5.41, 5.74) is 8.97. The van der Waals surface area contributed by atoms with Crippen molar-refractivity contribution in [2.75, 3.05) is 0 Å². The number of pyridine rings is 1. The van der Waals surface area contributed by atoms with Gasteiger partial charge in [-0.15, -0.1) is 0 Å². The Morgan fingerprint density at radius 2 is 1.02 bits per heavy atom. The van der Waals surface area contributed by atoms with Gasteiger partial charge in [-0.3, -0.25) is 4.98 Å². The second kappa shape index (κ2) is 8.51. The SMILES string of the molecule is c1cc(-c2ccc3ccc4c(-c5ccncc5)ccc5ccc2c3c54)cc(-c2cccc3c2oc2ccccc23)c1. The van der Waals surface area contributed by atoms with Crippen molar-refractivity contribution in [3.8, 4) is 33.4 Å². The molecule has 0 amide bonds. The van der Waals surface area contributed by atoms with Gasteiger partial charge in [-0.25, -0.2) is 0 Å². The third-order valence-electron chi connectivity index (χ3n) is 8.54. The number of hydrogen-bond acceptors (Lipinski definition) is 2. The summed E-state index contributed by atoms with van der Waals surface area (Å²) in [5.74, 6) is 0. The molecule has 0 unspecified atom stereocenters. The van der Waals surface area contributed by atoms with Crippen LogP contribution >= 0.6 is 0 Å². The van der Waals surface area contributed by atoms with Crippen LogP contribution in [-0.4, -0.2) is 4.98 Å². The molecule has 41 heavy (non-hydrogen) atoms. The van der Waals surface area contributed by atoms with E-state index < -0.39 is 0 Å². The van der Waals surface area contributed by atoms with Crippen LogP contribution in [0.3, 0.4) is 0 Å². The van der Waals surface area contributed by atoms with Gasteiger partial charge in [0.25, 0.3) is 0 Å². The Bertz CT molecular complexity index is 2420. The average molecular weight is 522 g/mol. The van der Waals surface area contributed by atoms with Crippen molar-refractivity contribution in [1.29, 1.82) is 0 Å². The lowest BCUT2D eigenvalue weighted by Crippen LogP contribution is -1.90. The van der Waals surface area contributed by atoms with E-state index in [0.717, 1.165) is 33.1 Å². The summed E-state index contributed by atoms with van der Waals surface area (Å²) >= 11 is 0. The van der Waals surface area contributed by atoms with E-state index in [4.69, 9.17) is 4.42 Å². The van der Waals surface area contributed by atoms with Crippen molar-refractivity contribution in [3.63, 3.8) is 0 Å². The fourth-order valence-corrected chi connectivity index (χ4v) is 6.66. The van der Waals surface area contributed by atoms with Crippen molar-refractivity contribution < 1.29 is 4.42 Å². The van der Waals surface area contributed by atoms with Crippen LogP contribution in [0.25, 0.3) is 87.6 Å². The highest BCUT2D eigenvalue weighted by Crippen LogP contribution is 2.43. The molecular formula is C39H23NO. The Hall–Kier alpha value is -5.47. The largest absolute Gasteiger partial charge is 0.455 e. The van der Waals surface area contributed by atoms with Gasteiger partial charge in [-0.2, -0.15) is 0 Å². The molecule has 0 N–H and O–H groups in total. The lowest BCUT2D eigenvalue weighted by Gasteiger charge is -2.17. The highest BCUT2D eigenvalue weighted by Gasteiger charge is 2.16. The van der Waals surface area contributed by atoms with Crippen LogP contribution < -0.4 is 0 Å². The minimum absolute atomic E-state index is 0.920. The van der Waals surface area contributed by atoms with E-state index >= 15 is 0 Å². The first-order valence-electron chi connectivity index (χ1n) is 14.0. The number of rotatable bonds is 3. The zero-order chi connectivity index (χ0) is 26.9. The lowest BCUT2D eigenvalue weighted by molar-refractivity contribution is 0.670. The Balaban J connectivity index is 1.27. The van der Waals surface area contributed by atoms with E-state index in [0.29, 0.717) is 0 Å². The van der Waals surface area contributed by atoms with E-state index in [1.54, 1.807) is 0 Å². The minimum Gasteiger partial charge on any atom is -0.455 e. The van der Waals surface area contributed by atoms with E-state index in [-0.39, 0.29) is 0 Å². The molecule has 0 fully saturated rings. The van der Waals surface area contributed by atoms with Crippen molar-refractivity contribution in [1.82, 2.24) is 4.98 Å². The van der Waals surface area contributed by atoms with Crippen LogP contribution in [-0.2, 0) is 0 Å². The Labute approximate surface area is 236 Å². The van der Waals surface area contributed by atoms with E-state index in [9.17, 15) is 0 Å². The average Bonchev–Trinajstić information content (AvgIpc) is 3.43. The second-order valence-corrected chi connectivity index (χ2v) is 10.7. The summed E-state index contributed by atoms with van der Waals surface area (Å²) < 4.78 is 6.37. The number of benzene rings is 7. The van der Waals surface area contributed by atoms with Crippen LogP contribution in [0.2, 0.25) is 0 Å². The molecule has 0 bridgehead atoms. The maximum atomic E-state index is 6.37. The fourth-order valence-electron chi connectivity index (χ4n) is 6.66. The number of hydrogen-bond donors (Lipinski definition) is 0. The predicted octanol–water partition coefficient (Wildman–Crippen LogP) is 10.9.